The summed E-state index contributed by atoms with van der Waals surface area (Å²) >= 11 is 7.47. The molecule has 0 atom stereocenters. The molecule has 0 unspecified atom stereocenters. The van der Waals surface area contributed by atoms with Crippen LogP contribution in [0.25, 0.3) is 0 Å². The molecule has 0 fully saturated rings. The van der Waals surface area contributed by atoms with E-state index < -0.39 is 9.84 Å². The van der Waals surface area contributed by atoms with Crippen molar-refractivity contribution in [3.63, 3.8) is 0 Å². The van der Waals surface area contributed by atoms with Crippen LogP contribution in [0.4, 0.5) is 5.69 Å². The molecule has 3 rings (SSSR count). The van der Waals surface area contributed by atoms with Gasteiger partial charge in [0.2, 0.25) is 9.84 Å². The molecule has 0 saturated carbocycles. The number of methoxy groups -OCH3 is 1. The van der Waals surface area contributed by atoms with Crippen LogP contribution in [0.1, 0.15) is 11.1 Å². The molecular weight excluding hydrogens is 464 g/mol. The van der Waals surface area contributed by atoms with Gasteiger partial charge in [0.15, 0.2) is 4.91 Å². The van der Waals surface area contributed by atoms with Gasteiger partial charge < -0.3 is 10.1 Å². The lowest BCUT2D eigenvalue weighted by molar-refractivity contribution is 0.414. The Hall–Kier alpha value is -2.92. The monoisotopic (exact) mass is 484 g/mol. The van der Waals surface area contributed by atoms with Gasteiger partial charge in [0.25, 0.3) is 0 Å². The van der Waals surface area contributed by atoms with E-state index in [1.807, 2.05) is 37.3 Å². The fourth-order valence-electron chi connectivity index (χ4n) is 2.89. The number of nitriles is 1. The second-order valence-corrected chi connectivity index (χ2v) is 10.0. The zero-order valence-corrected chi connectivity index (χ0v) is 19.9. The number of anilines is 1. The Morgan fingerprint density at radius 2 is 1.81 bits per heavy atom. The summed E-state index contributed by atoms with van der Waals surface area (Å²) in [6.07, 6.45) is 0. The summed E-state index contributed by atoms with van der Waals surface area (Å²) in [6.45, 7) is 1.83. The van der Waals surface area contributed by atoms with Crippen LogP contribution in [0.15, 0.2) is 87.6 Å². The maximum Gasteiger partial charge on any atom is 0.219 e. The van der Waals surface area contributed by atoms with E-state index in [4.69, 9.17) is 16.3 Å². The van der Waals surface area contributed by atoms with Crippen LogP contribution in [0.5, 0.6) is 5.75 Å². The van der Waals surface area contributed by atoms with Crippen LogP contribution in [-0.2, 0) is 15.6 Å². The lowest BCUT2D eigenvalue weighted by Gasteiger charge is -2.16. The van der Waals surface area contributed by atoms with Crippen LogP contribution < -0.4 is 10.1 Å². The molecule has 8 heteroatoms. The maximum absolute atomic E-state index is 13.3. The number of allylic oxidation sites excluding steroid dienone is 1. The number of benzene rings is 3. The fourth-order valence-corrected chi connectivity index (χ4v) is 5.59. The molecule has 0 radical (unpaired) electrons. The summed E-state index contributed by atoms with van der Waals surface area (Å²) in [6, 6.07) is 22.6. The fraction of sp³-hybridized carbons (Fsp3) is 0.125. The van der Waals surface area contributed by atoms with E-state index in [-0.39, 0.29) is 14.8 Å². The van der Waals surface area contributed by atoms with E-state index in [9.17, 15) is 13.7 Å². The number of ether oxygens (including phenoxy) is 1. The van der Waals surface area contributed by atoms with Gasteiger partial charge in [-0.25, -0.2) is 8.42 Å². The molecule has 0 heterocycles. The highest BCUT2D eigenvalue weighted by molar-refractivity contribution is 8.04. The lowest BCUT2D eigenvalue weighted by Crippen LogP contribution is -2.11. The summed E-state index contributed by atoms with van der Waals surface area (Å²) in [4.78, 5) is -0.295. The van der Waals surface area contributed by atoms with E-state index in [0.29, 0.717) is 22.2 Å². The third kappa shape index (κ3) is 5.46. The standard InChI is InChI=1S/C24H21ClN2O3S2/c1-17-21(25)12-7-13-22(17)27-24(31-16-18-8-6-9-19(14-18)30-2)23(15-26)32(28,29)20-10-4-3-5-11-20/h3-14,27H,16H2,1-2H3. The van der Waals surface area contributed by atoms with Crippen LogP contribution in [0.3, 0.4) is 0 Å². The minimum atomic E-state index is -4.03. The third-order valence-corrected chi connectivity index (χ3v) is 8.00. The average Bonchev–Trinajstić information content (AvgIpc) is 2.81. The van der Waals surface area contributed by atoms with Gasteiger partial charge in [0, 0.05) is 16.5 Å². The maximum atomic E-state index is 13.3. The van der Waals surface area contributed by atoms with Gasteiger partial charge in [-0.1, -0.05) is 48.0 Å². The first kappa shape index (κ1) is 23.7. The second kappa shape index (κ2) is 10.6. The number of nitrogens with one attached hydrogen (secondary N) is 1. The molecule has 0 aliphatic carbocycles. The number of thioether (sulfide) groups is 1. The quantitative estimate of drug-likeness (QED) is 0.385. The Bertz CT molecular complexity index is 1280. The van der Waals surface area contributed by atoms with E-state index in [0.717, 1.165) is 11.1 Å². The lowest BCUT2D eigenvalue weighted by atomic mass is 10.2. The molecule has 1 N–H and O–H groups in total. The summed E-state index contributed by atoms with van der Waals surface area (Å²) in [7, 11) is -2.45. The molecular formula is C24H21ClN2O3S2. The van der Waals surface area contributed by atoms with Gasteiger partial charge in [0.05, 0.1) is 12.0 Å². The zero-order chi connectivity index (χ0) is 23.1. The first-order valence-electron chi connectivity index (χ1n) is 9.59. The van der Waals surface area contributed by atoms with Gasteiger partial charge in [-0.3, -0.25) is 0 Å². The number of sulfone groups is 1. The summed E-state index contributed by atoms with van der Waals surface area (Å²) in [5.41, 5.74) is 2.30. The zero-order valence-electron chi connectivity index (χ0n) is 17.5. The Kier molecular flexibility index (Phi) is 7.86. The molecule has 0 amide bonds. The highest BCUT2D eigenvalue weighted by atomic mass is 35.5. The minimum Gasteiger partial charge on any atom is -0.497 e. The van der Waals surface area contributed by atoms with Crippen molar-refractivity contribution in [3.8, 4) is 11.8 Å². The van der Waals surface area contributed by atoms with Crippen molar-refractivity contribution >= 4 is 38.9 Å². The predicted molar refractivity (Wildman–Crippen MR) is 130 cm³/mol. The molecule has 5 nitrogen and oxygen atoms in total. The Balaban J connectivity index is 2.07. The average molecular weight is 485 g/mol. The van der Waals surface area contributed by atoms with Gasteiger partial charge in [-0.05, 0) is 54.4 Å². The topological polar surface area (TPSA) is 79.2 Å². The first-order valence-corrected chi connectivity index (χ1v) is 12.4. The van der Waals surface area contributed by atoms with Crippen molar-refractivity contribution in [2.45, 2.75) is 17.6 Å². The summed E-state index contributed by atoms with van der Waals surface area (Å²) in [5.74, 6) is 1.12. The molecule has 0 aliphatic rings. The molecule has 164 valence electrons. The Labute approximate surface area is 197 Å². The van der Waals surface area contributed by atoms with Gasteiger partial charge >= 0.3 is 0 Å². The molecule has 0 aliphatic heterocycles. The molecule has 3 aromatic rings. The van der Waals surface area contributed by atoms with Crippen LogP contribution in [0, 0.1) is 18.3 Å². The third-order valence-electron chi connectivity index (χ3n) is 4.66. The van der Waals surface area contributed by atoms with Gasteiger partial charge in [-0.15, -0.1) is 11.8 Å². The first-order chi connectivity index (χ1) is 15.4. The number of hydrogen-bond acceptors (Lipinski definition) is 6. The Morgan fingerprint density at radius 3 is 2.50 bits per heavy atom. The van der Waals surface area contributed by atoms with Crippen molar-refractivity contribution in [1.29, 1.82) is 5.26 Å². The van der Waals surface area contributed by atoms with E-state index >= 15 is 0 Å². The van der Waals surface area contributed by atoms with E-state index in [1.54, 1.807) is 43.5 Å². The van der Waals surface area contributed by atoms with Crippen molar-refractivity contribution in [2.75, 3.05) is 12.4 Å². The normalized spacial score (nSPS) is 11.9. The van der Waals surface area contributed by atoms with E-state index in [1.165, 1.54) is 23.9 Å². The molecule has 0 saturated heterocycles. The molecule has 32 heavy (non-hydrogen) atoms. The van der Waals surface area contributed by atoms with Crippen LogP contribution >= 0.6 is 23.4 Å². The Morgan fingerprint density at radius 1 is 1.09 bits per heavy atom. The van der Waals surface area contributed by atoms with Crippen molar-refractivity contribution in [2.24, 2.45) is 0 Å². The van der Waals surface area contributed by atoms with Crippen molar-refractivity contribution in [3.05, 3.63) is 98.9 Å². The summed E-state index contributed by atoms with van der Waals surface area (Å²) < 4.78 is 31.8. The van der Waals surface area contributed by atoms with Crippen LogP contribution in [-0.4, -0.2) is 15.5 Å². The van der Waals surface area contributed by atoms with Crippen LogP contribution in [0.2, 0.25) is 5.02 Å². The molecule has 0 spiro atoms. The summed E-state index contributed by atoms with van der Waals surface area (Å²) in [5, 5.41) is 13.8. The minimum absolute atomic E-state index is 0.0562. The van der Waals surface area contributed by atoms with Crippen molar-refractivity contribution in [1.82, 2.24) is 0 Å². The smallest absolute Gasteiger partial charge is 0.219 e. The van der Waals surface area contributed by atoms with Crippen molar-refractivity contribution < 1.29 is 13.2 Å². The molecule has 3 aromatic carbocycles. The number of halogens is 1. The largest absolute Gasteiger partial charge is 0.497 e. The predicted octanol–water partition coefficient (Wildman–Crippen LogP) is 6.17. The van der Waals surface area contributed by atoms with E-state index in [2.05, 4.69) is 5.32 Å². The second-order valence-electron chi connectivity index (χ2n) is 6.76. The number of rotatable bonds is 8. The molecule has 0 aromatic heterocycles. The van der Waals surface area contributed by atoms with Gasteiger partial charge in [-0.2, -0.15) is 5.26 Å². The van der Waals surface area contributed by atoms with Gasteiger partial charge in [0.1, 0.15) is 16.8 Å². The number of nitrogens with zero attached hydrogens (tertiary/aromatic N) is 1. The molecule has 0 bridgehead atoms. The number of hydrogen-bond donors (Lipinski definition) is 1. The highest BCUT2D eigenvalue weighted by Gasteiger charge is 2.26. The SMILES string of the molecule is COc1cccc(CSC(Nc2cccc(Cl)c2C)=C(C#N)S(=O)(=O)c2ccccc2)c1. The highest BCUT2D eigenvalue weighted by Crippen LogP contribution is 2.33.